The third kappa shape index (κ3) is 2.06. The summed E-state index contributed by atoms with van der Waals surface area (Å²) >= 11 is 0. The van der Waals surface area contributed by atoms with E-state index in [0.29, 0.717) is 0 Å². The molecule has 1 saturated heterocycles. The van der Waals surface area contributed by atoms with E-state index < -0.39 is 5.60 Å². The molecule has 1 heterocycles. The molecule has 0 atom stereocenters. The molecule has 1 aliphatic carbocycles. The SMILES string of the molecule is OC1(C#CC[NH+]2CCCC2)c2ccccc2-c2ccccc21. The average Bonchev–Trinajstić information content (AvgIpc) is 3.15. The standard InChI is InChI=1S/C20H19NO/c22-20(12-7-15-21-13-5-6-14-21)18-10-3-1-8-16(18)17-9-2-4-11-19(17)20/h1-4,8-11,22H,5-6,13-15H2/p+1. The molecule has 0 saturated carbocycles. The molecule has 0 unspecified atom stereocenters. The summed E-state index contributed by atoms with van der Waals surface area (Å²) in [6, 6.07) is 16.1. The van der Waals surface area contributed by atoms with E-state index >= 15 is 0 Å². The number of quaternary nitrogens is 1. The van der Waals surface area contributed by atoms with E-state index in [-0.39, 0.29) is 0 Å². The molecule has 2 aliphatic rings. The molecule has 0 spiro atoms. The van der Waals surface area contributed by atoms with Gasteiger partial charge in [0.25, 0.3) is 0 Å². The normalized spacial score (nSPS) is 18.4. The highest BCUT2D eigenvalue weighted by Gasteiger charge is 2.39. The Bertz CT molecular complexity index is 717. The Labute approximate surface area is 131 Å². The molecule has 22 heavy (non-hydrogen) atoms. The molecule has 1 fully saturated rings. The van der Waals surface area contributed by atoms with Crippen molar-refractivity contribution in [2.45, 2.75) is 18.4 Å². The van der Waals surface area contributed by atoms with Crippen LogP contribution in [0.15, 0.2) is 48.5 Å². The number of hydrogen-bond acceptors (Lipinski definition) is 1. The van der Waals surface area contributed by atoms with E-state index in [4.69, 9.17) is 0 Å². The van der Waals surface area contributed by atoms with Crippen LogP contribution in [-0.4, -0.2) is 24.7 Å². The molecule has 1 aliphatic heterocycles. The van der Waals surface area contributed by atoms with Crippen molar-refractivity contribution in [3.63, 3.8) is 0 Å². The maximum atomic E-state index is 11.3. The Hall–Kier alpha value is -2.08. The van der Waals surface area contributed by atoms with Crippen molar-refractivity contribution >= 4 is 0 Å². The van der Waals surface area contributed by atoms with Crippen LogP contribution in [-0.2, 0) is 5.60 Å². The van der Waals surface area contributed by atoms with Gasteiger partial charge in [-0.2, -0.15) is 0 Å². The molecule has 110 valence electrons. The van der Waals surface area contributed by atoms with Crippen LogP contribution in [0.2, 0.25) is 0 Å². The third-order valence-electron chi connectivity index (χ3n) is 4.84. The van der Waals surface area contributed by atoms with Gasteiger partial charge in [-0.1, -0.05) is 54.5 Å². The Kier molecular flexibility index (Phi) is 3.26. The van der Waals surface area contributed by atoms with Crippen LogP contribution >= 0.6 is 0 Å². The van der Waals surface area contributed by atoms with Crippen LogP contribution in [0, 0.1) is 11.8 Å². The van der Waals surface area contributed by atoms with E-state index in [1.165, 1.54) is 30.8 Å². The van der Waals surface area contributed by atoms with Gasteiger partial charge < -0.3 is 10.0 Å². The average molecular weight is 290 g/mol. The Morgan fingerprint density at radius 2 is 1.45 bits per heavy atom. The predicted octanol–water partition coefficient (Wildman–Crippen LogP) is 1.58. The summed E-state index contributed by atoms with van der Waals surface area (Å²) in [5, 5.41) is 11.3. The maximum absolute atomic E-state index is 11.3. The van der Waals surface area contributed by atoms with Gasteiger partial charge in [0.1, 0.15) is 6.54 Å². The topological polar surface area (TPSA) is 24.7 Å². The fraction of sp³-hybridized carbons (Fsp3) is 0.300. The predicted molar refractivity (Wildman–Crippen MR) is 87.5 cm³/mol. The molecule has 2 heteroatoms. The highest BCUT2D eigenvalue weighted by atomic mass is 16.3. The fourth-order valence-electron chi connectivity index (χ4n) is 3.70. The van der Waals surface area contributed by atoms with Crippen LogP contribution in [0.25, 0.3) is 11.1 Å². The lowest BCUT2D eigenvalue weighted by Gasteiger charge is -2.19. The Morgan fingerprint density at radius 1 is 0.909 bits per heavy atom. The number of rotatable bonds is 1. The van der Waals surface area contributed by atoms with Gasteiger partial charge in [0.2, 0.25) is 0 Å². The van der Waals surface area contributed by atoms with E-state index in [9.17, 15) is 5.11 Å². The third-order valence-corrected chi connectivity index (χ3v) is 4.84. The second-order valence-corrected chi connectivity index (χ2v) is 6.24. The van der Waals surface area contributed by atoms with Gasteiger partial charge in [0.05, 0.1) is 13.1 Å². The van der Waals surface area contributed by atoms with Crippen LogP contribution in [0.3, 0.4) is 0 Å². The number of benzene rings is 2. The lowest BCUT2D eigenvalue weighted by atomic mass is 9.92. The first-order chi connectivity index (χ1) is 10.8. The first-order valence-corrected chi connectivity index (χ1v) is 8.04. The van der Waals surface area contributed by atoms with E-state index in [0.717, 1.165) is 28.8 Å². The highest BCUT2D eigenvalue weighted by Crippen LogP contribution is 2.46. The van der Waals surface area contributed by atoms with Crippen molar-refractivity contribution in [2.75, 3.05) is 19.6 Å². The van der Waals surface area contributed by atoms with Crippen molar-refractivity contribution in [1.29, 1.82) is 0 Å². The van der Waals surface area contributed by atoms with Gasteiger partial charge in [-0.3, -0.25) is 0 Å². The zero-order chi connectivity index (χ0) is 15.0. The summed E-state index contributed by atoms with van der Waals surface area (Å²) in [6.45, 7) is 3.24. The van der Waals surface area contributed by atoms with Gasteiger partial charge in [0.15, 0.2) is 5.60 Å². The molecule has 2 nitrogen and oxygen atoms in total. The van der Waals surface area contributed by atoms with Gasteiger partial charge in [-0.25, -0.2) is 0 Å². The highest BCUT2D eigenvalue weighted by molar-refractivity contribution is 5.81. The molecular weight excluding hydrogens is 270 g/mol. The summed E-state index contributed by atoms with van der Waals surface area (Å²) < 4.78 is 0. The first-order valence-electron chi connectivity index (χ1n) is 8.04. The summed E-state index contributed by atoms with van der Waals surface area (Å²) in [4.78, 5) is 1.54. The van der Waals surface area contributed by atoms with E-state index in [1.54, 1.807) is 0 Å². The molecule has 0 aromatic heterocycles. The van der Waals surface area contributed by atoms with Crippen LogP contribution in [0.1, 0.15) is 24.0 Å². The molecule has 0 bridgehead atoms. The van der Waals surface area contributed by atoms with E-state index in [2.05, 4.69) is 24.0 Å². The van der Waals surface area contributed by atoms with Gasteiger partial charge in [-0.15, -0.1) is 0 Å². The number of fused-ring (bicyclic) bond motifs is 3. The molecule has 0 radical (unpaired) electrons. The summed E-state index contributed by atoms with van der Waals surface area (Å²) in [5.41, 5.74) is 2.87. The number of nitrogens with one attached hydrogen (secondary N) is 1. The second kappa shape index (κ2) is 5.28. The lowest BCUT2D eigenvalue weighted by Crippen LogP contribution is -3.09. The van der Waals surface area contributed by atoms with Crippen molar-refractivity contribution in [3.8, 4) is 23.0 Å². The molecule has 2 aromatic carbocycles. The zero-order valence-electron chi connectivity index (χ0n) is 12.6. The minimum atomic E-state index is -1.16. The first kappa shape index (κ1) is 13.6. The Morgan fingerprint density at radius 3 is 2.05 bits per heavy atom. The minimum absolute atomic E-state index is 0.826. The summed E-state index contributed by atoms with van der Waals surface area (Å²) in [7, 11) is 0. The zero-order valence-corrected chi connectivity index (χ0v) is 12.6. The monoisotopic (exact) mass is 290 g/mol. The van der Waals surface area contributed by atoms with Crippen molar-refractivity contribution in [1.82, 2.24) is 0 Å². The van der Waals surface area contributed by atoms with Crippen LogP contribution in [0.4, 0.5) is 0 Å². The molecular formula is C20H20NO+. The molecule has 2 aromatic rings. The van der Waals surface area contributed by atoms with Gasteiger partial charge in [-0.05, 0) is 17.0 Å². The molecule has 4 rings (SSSR count). The smallest absolute Gasteiger partial charge is 0.178 e. The quantitative estimate of drug-likeness (QED) is 0.766. The summed E-state index contributed by atoms with van der Waals surface area (Å²) in [6.07, 6.45) is 2.60. The Balaban J connectivity index is 1.75. The fourth-order valence-corrected chi connectivity index (χ4v) is 3.70. The van der Waals surface area contributed by atoms with Gasteiger partial charge >= 0.3 is 0 Å². The number of hydrogen-bond donors (Lipinski definition) is 2. The van der Waals surface area contributed by atoms with Crippen LogP contribution in [0.5, 0.6) is 0 Å². The van der Waals surface area contributed by atoms with Crippen molar-refractivity contribution < 1.29 is 10.0 Å². The minimum Gasteiger partial charge on any atom is -0.369 e. The van der Waals surface area contributed by atoms with Crippen LogP contribution < -0.4 is 4.90 Å². The molecule has 2 N–H and O–H groups in total. The van der Waals surface area contributed by atoms with Crippen molar-refractivity contribution in [3.05, 3.63) is 59.7 Å². The summed E-state index contributed by atoms with van der Waals surface area (Å²) in [5.74, 6) is 6.44. The largest absolute Gasteiger partial charge is 0.369 e. The van der Waals surface area contributed by atoms with Crippen molar-refractivity contribution in [2.24, 2.45) is 0 Å². The number of likely N-dealkylation sites (tertiary alicyclic amines) is 1. The second-order valence-electron chi connectivity index (χ2n) is 6.24. The molecule has 0 amide bonds. The maximum Gasteiger partial charge on any atom is 0.178 e. The lowest BCUT2D eigenvalue weighted by molar-refractivity contribution is -0.879. The van der Waals surface area contributed by atoms with Gasteiger partial charge in [0, 0.05) is 24.0 Å². The van der Waals surface area contributed by atoms with E-state index in [1.807, 2.05) is 36.4 Å². The number of aliphatic hydroxyl groups is 1.